The summed E-state index contributed by atoms with van der Waals surface area (Å²) in [6, 6.07) is 7.64. The van der Waals surface area contributed by atoms with Gasteiger partial charge in [0.15, 0.2) is 0 Å². The number of hydrogen-bond donors (Lipinski definition) is 4. The van der Waals surface area contributed by atoms with Crippen LogP contribution in [0.25, 0.3) is 0 Å². The number of rotatable bonds is 23. The molecule has 4 N–H and O–H groups in total. The highest BCUT2D eigenvalue weighted by atomic mass is 31.2. The van der Waals surface area contributed by atoms with Crippen molar-refractivity contribution in [3.05, 3.63) is 29.8 Å². The second kappa shape index (κ2) is 20.0. The number of aryl methyl sites for hydroxylation is 1. The summed E-state index contributed by atoms with van der Waals surface area (Å²) < 4.78 is 26.8. The maximum atomic E-state index is 12.1. The zero-order valence-corrected chi connectivity index (χ0v) is 23.7. The third-order valence-electron chi connectivity index (χ3n) is 5.93. The van der Waals surface area contributed by atoms with Crippen LogP contribution in [0, 0.1) is 5.92 Å². The maximum Gasteiger partial charge on any atom is 0.472 e. The third kappa shape index (κ3) is 17.5. The smallest absolute Gasteiger partial charge is 0.472 e. The molecule has 0 aliphatic heterocycles. The van der Waals surface area contributed by atoms with Gasteiger partial charge in [0.25, 0.3) is 0 Å². The van der Waals surface area contributed by atoms with Crippen molar-refractivity contribution in [2.45, 2.75) is 90.6 Å². The van der Waals surface area contributed by atoms with Crippen LogP contribution in [0.1, 0.15) is 83.6 Å². The Bertz CT molecular complexity index is 852. The number of carbonyl (C=O) groups excluding carboxylic acids is 1. The molecule has 0 bridgehead atoms. The Labute approximate surface area is 226 Å². The van der Waals surface area contributed by atoms with Gasteiger partial charge in [0.1, 0.15) is 5.75 Å². The molecule has 1 amide bonds. The summed E-state index contributed by atoms with van der Waals surface area (Å²) in [5.41, 5.74) is 0.961. The van der Waals surface area contributed by atoms with Gasteiger partial charge in [-0.25, -0.2) is 4.57 Å². The highest BCUT2D eigenvalue weighted by Gasteiger charge is 2.25. The van der Waals surface area contributed by atoms with Crippen molar-refractivity contribution >= 4 is 19.7 Å². The molecule has 10 nitrogen and oxygen atoms in total. The van der Waals surface area contributed by atoms with Gasteiger partial charge in [0.2, 0.25) is 5.91 Å². The maximum absolute atomic E-state index is 12.1. The Hall–Kier alpha value is -1.97. The molecule has 0 aromatic heterocycles. The van der Waals surface area contributed by atoms with E-state index in [0.717, 1.165) is 24.2 Å². The quantitative estimate of drug-likeness (QED) is 0.109. The molecule has 38 heavy (non-hydrogen) atoms. The first-order chi connectivity index (χ1) is 18.1. The fourth-order valence-corrected chi connectivity index (χ4v) is 4.37. The van der Waals surface area contributed by atoms with Crippen LogP contribution < -0.4 is 10.1 Å². The number of benzene rings is 1. The largest absolute Gasteiger partial charge is 0.494 e. The molecule has 0 aliphatic rings. The minimum Gasteiger partial charge on any atom is -0.494 e. The number of nitrogens with one attached hydrogen (secondary N) is 1. The lowest BCUT2D eigenvalue weighted by atomic mass is 10.1. The van der Waals surface area contributed by atoms with E-state index in [1.807, 2.05) is 24.3 Å². The number of carboxylic acids is 1. The molecule has 11 heteroatoms. The predicted molar refractivity (Wildman–Crippen MR) is 145 cm³/mol. The van der Waals surface area contributed by atoms with Gasteiger partial charge in [-0.1, -0.05) is 70.4 Å². The van der Waals surface area contributed by atoms with Gasteiger partial charge >= 0.3 is 13.8 Å². The van der Waals surface area contributed by atoms with Crippen molar-refractivity contribution < 1.29 is 43.0 Å². The van der Waals surface area contributed by atoms with Crippen LogP contribution in [-0.2, 0) is 29.6 Å². The van der Waals surface area contributed by atoms with Crippen molar-refractivity contribution in [2.75, 3.05) is 26.4 Å². The number of amides is 1. The van der Waals surface area contributed by atoms with Crippen molar-refractivity contribution in [1.29, 1.82) is 0 Å². The van der Waals surface area contributed by atoms with E-state index < -0.39 is 39.0 Å². The molecule has 0 fully saturated rings. The number of carbonyl (C=O) groups is 2. The molecule has 0 radical (unpaired) electrons. The Balaban J connectivity index is 2.19. The second-order valence-electron chi connectivity index (χ2n) is 9.58. The molecular weight excluding hydrogens is 513 g/mol. The highest BCUT2D eigenvalue weighted by Crippen LogP contribution is 2.43. The number of aliphatic hydroxyl groups is 1. The Kier molecular flexibility index (Phi) is 17.9. The van der Waals surface area contributed by atoms with Crippen LogP contribution in [0.4, 0.5) is 0 Å². The molecule has 218 valence electrons. The van der Waals surface area contributed by atoms with E-state index in [2.05, 4.69) is 21.3 Å². The zero-order valence-electron chi connectivity index (χ0n) is 22.8. The first-order valence-electron chi connectivity index (χ1n) is 13.6. The van der Waals surface area contributed by atoms with Crippen LogP contribution in [0.5, 0.6) is 5.75 Å². The van der Waals surface area contributed by atoms with E-state index in [-0.39, 0.29) is 18.9 Å². The molecule has 1 aromatic carbocycles. The van der Waals surface area contributed by atoms with E-state index in [1.165, 1.54) is 51.9 Å². The topological polar surface area (TPSA) is 152 Å². The van der Waals surface area contributed by atoms with Gasteiger partial charge < -0.3 is 25.2 Å². The van der Waals surface area contributed by atoms with E-state index >= 15 is 0 Å². The van der Waals surface area contributed by atoms with Gasteiger partial charge in [-0.05, 0) is 37.5 Å². The average Bonchev–Trinajstić information content (AvgIpc) is 2.89. The van der Waals surface area contributed by atoms with Crippen molar-refractivity contribution in [3.8, 4) is 5.75 Å². The Morgan fingerprint density at radius 3 is 2.29 bits per heavy atom. The molecule has 0 saturated carbocycles. The number of phosphoric acid groups is 1. The van der Waals surface area contributed by atoms with Crippen LogP contribution in [0.3, 0.4) is 0 Å². The van der Waals surface area contributed by atoms with E-state index in [0.29, 0.717) is 13.0 Å². The van der Waals surface area contributed by atoms with E-state index in [9.17, 15) is 24.2 Å². The predicted octanol–water partition coefficient (Wildman–Crippen LogP) is 4.86. The molecule has 0 heterocycles. The molecule has 0 spiro atoms. The third-order valence-corrected chi connectivity index (χ3v) is 6.88. The molecular formula is C27H46NO9P. The molecule has 1 rings (SSSR count). The van der Waals surface area contributed by atoms with Crippen LogP contribution in [0.15, 0.2) is 24.3 Å². The van der Waals surface area contributed by atoms with Gasteiger partial charge in [-0.2, -0.15) is 0 Å². The SMILES string of the molecule is CCCCCCCCCCCOc1cccc(CCC(=O)NC[C@@H](O)COP(=O)(O)OC[C@H](C)C(=O)O)c1. The first kappa shape index (κ1) is 34.1. The first-order valence-corrected chi connectivity index (χ1v) is 15.1. The van der Waals surface area contributed by atoms with Gasteiger partial charge in [-0.3, -0.25) is 18.6 Å². The Morgan fingerprint density at radius 2 is 1.63 bits per heavy atom. The number of carboxylic acid groups (broad SMARTS) is 1. The fraction of sp³-hybridized carbons (Fsp3) is 0.704. The second-order valence-corrected chi connectivity index (χ2v) is 11.0. The van der Waals surface area contributed by atoms with Crippen molar-refractivity contribution in [2.24, 2.45) is 5.92 Å². The number of unbranched alkanes of at least 4 members (excludes halogenated alkanes) is 8. The van der Waals surface area contributed by atoms with Crippen molar-refractivity contribution in [3.63, 3.8) is 0 Å². The van der Waals surface area contributed by atoms with Crippen LogP contribution >= 0.6 is 7.82 Å². The average molecular weight is 560 g/mol. The van der Waals surface area contributed by atoms with Crippen LogP contribution in [0.2, 0.25) is 0 Å². The monoisotopic (exact) mass is 559 g/mol. The lowest BCUT2D eigenvalue weighted by Gasteiger charge is -2.16. The van der Waals surface area contributed by atoms with Gasteiger partial charge in [0, 0.05) is 13.0 Å². The van der Waals surface area contributed by atoms with Gasteiger partial charge in [-0.15, -0.1) is 0 Å². The van der Waals surface area contributed by atoms with E-state index in [1.54, 1.807) is 0 Å². The molecule has 1 unspecified atom stereocenters. The summed E-state index contributed by atoms with van der Waals surface area (Å²) in [7, 11) is -4.51. The lowest BCUT2D eigenvalue weighted by molar-refractivity contribution is -0.142. The normalized spacial score (nSPS) is 14.4. The molecule has 3 atom stereocenters. The number of ether oxygens (including phenoxy) is 1. The summed E-state index contributed by atoms with van der Waals surface area (Å²) in [5.74, 6) is -1.68. The fourth-order valence-electron chi connectivity index (χ4n) is 3.53. The molecule has 0 saturated heterocycles. The summed E-state index contributed by atoms with van der Waals surface area (Å²) in [4.78, 5) is 32.4. The number of hydrogen-bond acceptors (Lipinski definition) is 7. The minimum absolute atomic E-state index is 0.174. The number of phosphoric ester groups is 1. The van der Waals surface area contributed by atoms with Gasteiger partial charge in [0.05, 0.1) is 31.8 Å². The van der Waals surface area contributed by atoms with E-state index in [4.69, 9.17) is 9.84 Å². The summed E-state index contributed by atoms with van der Waals surface area (Å²) in [6.45, 7) is 2.97. The number of aliphatic carboxylic acids is 1. The summed E-state index contributed by atoms with van der Waals surface area (Å²) in [6.07, 6.45) is 10.8. The molecule has 0 aliphatic carbocycles. The minimum atomic E-state index is -4.51. The Morgan fingerprint density at radius 1 is 1.00 bits per heavy atom. The molecule has 1 aromatic rings. The zero-order chi connectivity index (χ0) is 28.2. The summed E-state index contributed by atoms with van der Waals surface area (Å²) in [5, 5.41) is 21.2. The summed E-state index contributed by atoms with van der Waals surface area (Å²) >= 11 is 0. The van der Waals surface area contributed by atoms with Crippen molar-refractivity contribution in [1.82, 2.24) is 5.32 Å². The lowest BCUT2D eigenvalue weighted by Crippen LogP contribution is -2.34. The highest BCUT2D eigenvalue weighted by molar-refractivity contribution is 7.47. The number of aliphatic hydroxyl groups excluding tert-OH is 1. The van der Waals surface area contributed by atoms with Crippen LogP contribution in [-0.4, -0.2) is 59.5 Å². The standard InChI is InChI=1S/C27H46NO9P/c1-3-4-5-6-7-8-9-10-11-17-35-25-14-12-13-23(18-25)15-16-26(30)28-19-24(29)21-37-38(33,34)36-20-22(2)27(31)32/h12-14,18,22,24,29H,3-11,15-17,19-21H2,1-2H3,(H,28,30)(H,31,32)(H,33,34)/t22-,24+/m0/s1.